The standard InChI is InChI=1S/C16H20N8OP2/c1-23-14(25-16(26)27)4-12(22-23)20-13-7-18-11-6-19-24(15(11)21-13)8-10-2-9(3-10)5-17/h4,6-7,9-10,16H,2-3,8,26-27H2,1H3,(H,20,21,22). The average molecular weight is 402 g/mol. The number of nitrogens with zero attached hydrogens (tertiary/aromatic N) is 7. The Morgan fingerprint density at radius 1 is 1.37 bits per heavy atom. The highest BCUT2D eigenvalue weighted by Gasteiger charge is 2.29. The highest BCUT2D eigenvalue weighted by molar-refractivity contribution is 7.37. The molecular weight excluding hydrogens is 382 g/mol. The maximum Gasteiger partial charge on any atom is 0.214 e. The van der Waals surface area contributed by atoms with Crippen LogP contribution in [0.15, 0.2) is 18.5 Å². The first-order valence-corrected chi connectivity index (χ1v) is 9.92. The molecule has 0 spiro atoms. The molecule has 4 rings (SSSR count). The number of aromatic nitrogens is 6. The third-order valence-electron chi connectivity index (χ3n) is 4.54. The maximum atomic E-state index is 8.93. The number of aryl methyl sites for hydroxylation is 1. The van der Waals surface area contributed by atoms with Crippen LogP contribution in [0, 0.1) is 23.2 Å². The van der Waals surface area contributed by atoms with Crippen LogP contribution < -0.4 is 10.1 Å². The van der Waals surface area contributed by atoms with Gasteiger partial charge in [0.05, 0.1) is 18.5 Å². The average Bonchev–Trinajstić information content (AvgIpc) is 3.13. The van der Waals surface area contributed by atoms with Crippen LogP contribution in [-0.4, -0.2) is 35.1 Å². The second kappa shape index (κ2) is 7.38. The third-order valence-corrected chi connectivity index (χ3v) is 4.82. The van der Waals surface area contributed by atoms with Gasteiger partial charge in [-0.3, -0.25) is 0 Å². The zero-order valence-corrected chi connectivity index (χ0v) is 17.1. The molecule has 0 aliphatic heterocycles. The van der Waals surface area contributed by atoms with Crippen molar-refractivity contribution in [1.82, 2.24) is 29.5 Å². The Morgan fingerprint density at radius 3 is 2.93 bits per heavy atom. The van der Waals surface area contributed by atoms with E-state index in [0.29, 0.717) is 23.4 Å². The minimum atomic E-state index is -0.0918. The predicted octanol–water partition coefficient (Wildman–Crippen LogP) is 2.27. The van der Waals surface area contributed by atoms with Crippen molar-refractivity contribution in [2.24, 2.45) is 18.9 Å². The number of hydrogen-bond acceptors (Lipinski definition) is 7. The minimum absolute atomic E-state index is 0.0918. The lowest BCUT2D eigenvalue weighted by Crippen LogP contribution is -2.26. The zero-order valence-electron chi connectivity index (χ0n) is 14.8. The molecule has 0 bridgehead atoms. The Hall–Kier alpha value is -2.29. The summed E-state index contributed by atoms with van der Waals surface area (Å²) in [5, 5.41) is 20.9. The van der Waals surface area contributed by atoms with Crippen molar-refractivity contribution in [3.05, 3.63) is 18.5 Å². The molecule has 3 heterocycles. The van der Waals surface area contributed by atoms with E-state index in [4.69, 9.17) is 10.00 Å². The van der Waals surface area contributed by atoms with Gasteiger partial charge in [-0.1, -0.05) is 18.5 Å². The van der Waals surface area contributed by atoms with E-state index in [1.165, 1.54) is 0 Å². The second-order valence-corrected chi connectivity index (χ2v) is 8.74. The lowest BCUT2D eigenvalue weighted by Gasteiger charge is -2.30. The molecule has 140 valence electrons. The summed E-state index contributed by atoms with van der Waals surface area (Å²) in [4.78, 5) is 9.07. The molecule has 1 saturated carbocycles. The van der Waals surface area contributed by atoms with Gasteiger partial charge in [0.1, 0.15) is 11.1 Å². The molecule has 1 aliphatic carbocycles. The predicted molar refractivity (Wildman–Crippen MR) is 107 cm³/mol. The molecule has 2 unspecified atom stereocenters. The van der Waals surface area contributed by atoms with Crippen LogP contribution in [-0.2, 0) is 13.6 Å². The van der Waals surface area contributed by atoms with Gasteiger partial charge in [0.25, 0.3) is 0 Å². The Balaban J connectivity index is 1.51. The monoisotopic (exact) mass is 402 g/mol. The van der Waals surface area contributed by atoms with Gasteiger partial charge in [-0.2, -0.15) is 15.5 Å². The van der Waals surface area contributed by atoms with Crippen LogP contribution in [0.5, 0.6) is 5.88 Å². The van der Waals surface area contributed by atoms with Gasteiger partial charge >= 0.3 is 0 Å². The van der Waals surface area contributed by atoms with Gasteiger partial charge in [0.15, 0.2) is 17.3 Å². The van der Waals surface area contributed by atoms with Crippen LogP contribution in [0.4, 0.5) is 11.6 Å². The largest absolute Gasteiger partial charge is 0.466 e. The lowest BCUT2D eigenvalue weighted by atomic mass is 9.76. The van der Waals surface area contributed by atoms with E-state index in [0.717, 1.165) is 30.6 Å². The fourth-order valence-corrected chi connectivity index (χ4v) is 3.45. The third kappa shape index (κ3) is 3.87. The summed E-state index contributed by atoms with van der Waals surface area (Å²) < 4.78 is 9.16. The molecule has 11 heteroatoms. The van der Waals surface area contributed by atoms with Crippen molar-refractivity contribution in [2.45, 2.75) is 25.0 Å². The van der Waals surface area contributed by atoms with Crippen molar-refractivity contribution < 1.29 is 4.74 Å². The Kier molecular flexibility index (Phi) is 4.94. The Bertz CT molecular complexity index is 1000. The molecule has 0 saturated heterocycles. The molecule has 1 N–H and O–H groups in total. The summed E-state index contributed by atoms with van der Waals surface area (Å²) in [5.74, 6) is 2.51. The summed E-state index contributed by atoms with van der Waals surface area (Å²) in [6.45, 7) is 0.755. The van der Waals surface area contributed by atoms with Crippen LogP contribution >= 0.6 is 18.5 Å². The SMILES string of the molecule is Cn1nc(Nc2cnc3cnn(CC4CC(C#N)C4)c3n2)cc1OC(P)P. The molecule has 0 radical (unpaired) electrons. The fourth-order valence-electron chi connectivity index (χ4n) is 3.17. The number of ether oxygens (including phenoxy) is 1. The van der Waals surface area contributed by atoms with E-state index >= 15 is 0 Å². The summed E-state index contributed by atoms with van der Waals surface area (Å²) in [6, 6.07) is 4.12. The van der Waals surface area contributed by atoms with E-state index in [1.807, 2.05) is 11.7 Å². The fraction of sp³-hybridized carbons (Fsp3) is 0.438. The summed E-state index contributed by atoms with van der Waals surface area (Å²) in [5.41, 5.74) is 1.38. The van der Waals surface area contributed by atoms with Crippen molar-refractivity contribution in [3.63, 3.8) is 0 Å². The van der Waals surface area contributed by atoms with Gasteiger partial charge in [0.2, 0.25) is 5.88 Å². The van der Waals surface area contributed by atoms with Gasteiger partial charge in [-0.25, -0.2) is 19.3 Å². The zero-order chi connectivity index (χ0) is 19.0. The molecule has 3 aromatic rings. The van der Waals surface area contributed by atoms with Gasteiger partial charge in [0, 0.05) is 25.6 Å². The molecule has 1 aliphatic rings. The molecule has 2 atom stereocenters. The Morgan fingerprint density at radius 2 is 2.19 bits per heavy atom. The number of hydrogen-bond donors (Lipinski definition) is 1. The molecule has 0 aromatic carbocycles. The molecule has 9 nitrogen and oxygen atoms in total. The van der Waals surface area contributed by atoms with E-state index < -0.39 is 0 Å². The number of nitriles is 1. The van der Waals surface area contributed by atoms with Crippen molar-refractivity contribution in [1.29, 1.82) is 5.26 Å². The van der Waals surface area contributed by atoms with Crippen molar-refractivity contribution >= 4 is 41.3 Å². The van der Waals surface area contributed by atoms with Gasteiger partial charge in [-0.15, -0.1) is 0 Å². The molecule has 1 fully saturated rings. The van der Waals surface area contributed by atoms with Gasteiger partial charge in [-0.05, 0) is 18.8 Å². The van der Waals surface area contributed by atoms with Crippen molar-refractivity contribution in [2.75, 3.05) is 5.32 Å². The van der Waals surface area contributed by atoms with Crippen molar-refractivity contribution in [3.8, 4) is 11.9 Å². The lowest BCUT2D eigenvalue weighted by molar-refractivity contribution is 0.212. The van der Waals surface area contributed by atoms with Crippen LogP contribution in [0.2, 0.25) is 0 Å². The summed E-state index contributed by atoms with van der Waals surface area (Å²) >= 11 is 0. The smallest absolute Gasteiger partial charge is 0.214 e. The van der Waals surface area contributed by atoms with E-state index in [9.17, 15) is 0 Å². The molecule has 3 aromatic heterocycles. The maximum absolute atomic E-state index is 8.93. The van der Waals surface area contributed by atoms with Crippen LogP contribution in [0.3, 0.4) is 0 Å². The quantitative estimate of drug-likeness (QED) is 0.631. The highest BCUT2D eigenvalue weighted by Crippen LogP contribution is 2.34. The number of anilines is 2. The van der Waals surface area contributed by atoms with Gasteiger partial charge < -0.3 is 10.1 Å². The Labute approximate surface area is 160 Å². The minimum Gasteiger partial charge on any atom is -0.466 e. The normalized spacial score (nSPS) is 19.1. The highest BCUT2D eigenvalue weighted by atomic mass is 31.1. The topological polar surface area (TPSA) is 106 Å². The van der Waals surface area contributed by atoms with E-state index in [1.54, 1.807) is 23.1 Å². The molecule has 0 amide bonds. The first-order chi connectivity index (χ1) is 13.0. The number of rotatable bonds is 6. The number of nitrogens with one attached hydrogen (secondary N) is 1. The van der Waals surface area contributed by atoms with E-state index in [-0.39, 0.29) is 11.5 Å². The van der Waals surface area contributed by atoms with Crippen LogP contribution in [0.25, 0.3) is 11.2 Å². The molecule has 27 heavy (non-hydrogen) atoms. The molecular formula is C16H20N8OP2. The number of fused-ring (bicyclic) bond motifs is 1. The second-order valence-electron chi connectivity index (χ2n) is 6.65. The van der Waals surface area contributed by atoms with E-state index in [2.05, 4.69) is 50.0 Å². The summed E-state index contributed by atoms with van der Waals surface area (Å²) in [7, 11) is 6.92. The first-order valence-electron chi connectivity index (χ1n) is 8.59. The first kappa shape index (κ1) is 18.1. The van der Waals surface area contributed by atoms with Crippen LogP contribution in [0.1, 0.15) is 12.8 Å². The summed E-state index contributed by atoms with van der Waals surface area (Å²) in [6.07, 6.45) is 5.22.